The molecule has 74 valence electrons. The molecular formula is C10H9BrClNO. The smallest absolute Gasteiger partial charge is 0.144 e. The van der Waals surface area contributed by atoms with E-state index in [2.05, 4.69) is 20.9 Å². The number of aromatic amines is 1. The van der Waals surface area contributed by atoms with Gasteiger partial charge in [-0.2, -0.15) is 0 Å². The van der Waals surface area contributed by atoms with E-state index in [9.17, 15) is 0 Å². The van der Waals surface area contributed by atoms with Crippen LogP contribution >= 0.6 is 27.5 Å². The molecule has 0 radical (unpaired) electrons. The molecule has 0 aliphatic heterocycles. The Morgan fingerprint density at radius 3 is 2.93 bits per heavy atom. The van der Waals surface area contributed by atoms with Gasteiger partial charge >= 0.3 is 0 Å². The molecule has 0 bridgehead atoms. The Morgan fingerprint density at radius 2 is 2.29 bits per heavy atom. The predicted molar refractivity (Wildman–Crippen MR) is 62.1 cm³/mol. The van der Waals surface area contributed by atoms with Crippen molar-refractivity contribution in [1.82, 2.24) is 4.98 Å². The first-order valence-electron chi connectivity index (χ1n) is 4.15. The molecule has 4 heteroatoms. The summed E-state index contributed by atoms with van der Waals surface area (Å²) in [5, 5.41) is 1.10. The zero-order valence-corrected chi connectivity index (χ0v) is 9.95. The first-order valence-corrected chi connectivity index (χ1v) is 5.48. The topological polar surface area (TPSA) is 25.0 Å². The van der Waals surface area contributed by atoms with Crippen LogP contribution in [0.4, 0.5) is 0 Å². The Bertz CT molecular complexity index is 466. The number of rotatable bonds is 2. The van der Waals surface area contributed by atoms with Crippen molar-refractivity contribution >= 4 is 38.4 Å². The number of ether oxygens (including phenoxy) is 1. The highest BCUT2D eigenvalue weighted by Gasteiger charge is 2.08. The number of hydrogen-bond donors (Lipinski definition) is 1. The first kappa shape index (κ1) is 9.87. The lowest BCUT2D eigenvalue weighted by Crippen LogP contribution is -1.84. The van der Waals surface area contributed by atoms with Crippen LogP contribution in [0.2, 0.25) is 0 Å². The molecule has 1 N–H and O–H groups in total. The van der Waals surface area contributed by atoms with Gasteiger partial charge in [-0.3, -0.25) is 0 Å². The van der Waals surface area contributed by atoms with Gasteiger partial charge in [-0.05, 0) is 17.7 Å². The van der Waals surface area contributed by atoms with Crippen LogP contribution in [0.1, 0.15) is 5.56 Å². The fourth-order valence-corrected chi connectivity index (χ4v) is 2.15. The van der Waals surface area contributed by atoms with E-state index in [4.69, 9.17) is 16.3 Å². The van der Waals surface area contributed by atoms with Crippen LogP contribution in [0, 0.1) is 0 Å². The van der Waals surface area contributed by atoms with Gasteiger partial charge in [-0.1, -0.05) is 15.9 Å². The maximum Gasteiger partial charge on any atom is 0.144 e. The van der Waals surface area contributed by atoms with Crippen LogP contribution in [0.3, 0.4) is 0 Å². The standard InChI is InChI=1S/C10H9BrClNO/c1-14-9-3-7(11)2-8-6(4-12)5-13-10(8)9/h2-3,5,13H,4H2,1H3. The third kappa shape index (κ3) is 1.51. The van der Waals surface area contributed by atoms with Gasteiger partial charge in [0.2, 0.25) is 0 Å². The maximum atomic E-state index is 5.82. The summed E-state index contributed by atoms with van der Waals surface area (Å²) in [4.78, 5) is 3.16. The normalized spacial score (nSPS) is 10.8. The Balaban J connectivity index is 2.76. The van der Waals surface area contributed by atoms with Gasteiger partial charge in [0.05, 0.1) is 12.6 Å². The predicted octanol–water partition coefficient (Wildman–Crippen LogP) is 3.68. The fourth-order valence-electron chi connectivity index (χ4n) is 1.49. The van der Waals surface area contributed by atoms with Gasteiger partial charge in [-0.15, -0.1) is 11.6 Å². The van der Waals surface area contributed by atoms with Gasteiger partial charge in [-0.25, -0.2) is 0 Å². The van der Waals surface area contributed by atoms with Crippen LogP contribution in [0.15, 0.2) is 22.8 Å². The second-order valence-corrected chi connectivity index (χ2v) is 4.16. The van der Waals surface area contributed by atoms with E-state index in [-0.39, 0.29) is 0 Å². The minimum Gasteiger partial charge on any atom is -0.495 e. The van der Waals surface area contributed by atoms with Crippen LogP contribution in [-0.2, 0) is 5.88 Å². The molecule has 1 aromatic heterocycles. The molecule has 0 aliphatic rings. The molecule has 1 aromatic carbocycles. The number of nitrogens with one attached hydrogen (secondary N) is 1. The quantitative estimate of drug-likeness (QED) is 0.830. The number of methoxy groups -OCH3 is 1. The lowest BCUT2D eigenvalue weighted by molar-refractivity contribution is 0.419. The average molecular weight is 275 g/mol. The van der Waals surface area contributed by atoms with Gasteiger partial charge in [0, 0.05) is 21.9 Å². The highest BCUT2D eigenvalue weighted by atomic mass is 79.9. The molecule has 0 fully saturated rings. The highest BCUT2D eigenvalue weighted by molar-refractivity contribution is 9.10. The summed E-state index contributed by atoms with van der Waals surface area (Å²) in [6, 6.07) is 3.96. The Kier molecular flexibility index (Phi) is 2.70. The summed E-state index contributed by atoms with van der Waals surface area (Å²) in [6.07, 6.45) is 1.91. The second-order valence-electron chi connectivity index (χ2n) is 2.98. The molecule has 0 unspecified atom stereocenters. The summed E-state index contributed by atoms with van der Waals surface area (Å²) >= 11 is 9.25. The van der Waals surface area contributed by atoms with Crippen molar-refractivity contribution < 1.29 is 4.74 Å². The van der Waals surface area contributed by atoms with Gasteiger partial charge in [0.25, 0.3) is 0 Å². The average Bonchev–Trinajstić information content (AvgIpc) is 2.59. The largest absolute Gasteiger partial charge is 0.495 e. The summed E-state index contributed by atoms with van der Waals surface area (Å²) in [7, 11) is 1.66. The van der Waals surface area contributed by atoms with Gasteiger partial charge in [0.1, 0.15) is 5.75 Å². The van der Waals surface area contributed by atoms with Crippen LogP contribution < -0.4 is 4.74 Å². The van der Waals surface area contributed by atoms with E-state index in [1.54, 1.807) is 7.11 Å². The highest BCUT2D eigenvalue weighted by Crippen LogP contribution is 2.31. The Morgan fingerprint density at radius 1 is 1.50 bits per heavy atom. The summed E-state index contributed by atoms with van der Waals surface area (Å²) in [6.45, 7) is 0. The van der Waals surface area contributed by atoms with E-state index < -0.39 is 0 Å². The van der Waals surface area contributed by atoms with Crippen molar-refractivity contribution in [2.24, 2.45) is 0 Å². The van der Waals surface area contributed by atoms with E-state index in [1.165, 1.54) is 0 Å². The lowest BCUT2D eigenvalue weighted by atomic mass is 10.2. The van der Waals surface area contributed by atoms with E-state index >= 15 is 0 Å². The molecular weight excluding hydrogens is 265 g/mol. The Labute approximate surface area is 95.3 Å². The van der Waals surface area contributed by atoms with Gasteiger partial charge < -0.3 is 9.72 Å². The Hall–Kier alpha value is -0.670. The number of benzene rings is 1. The minimum atomic E-state index is 0.500. The fraction of sp³-hybridized carbons (Fsp3) is 0.200. The summed E-state index contributed by atoms with van der Waals surface area (Å²) in [5.41, 5.74) is 2.08. The molecule has 2 nitrogen and oxygen atoms in total. The minimum absolute atomic E-state index is 0.500. The van der Waals surface area contributed by atoms with E-state index in [0.717, 1.165) is 26.7 Å². The zero-order chi connectivity index (χ0) is 10.1. The van der Waals surface area contributed by atoms with Crippen molar-refractivity contribution in [3.05, 3.63) is 28.4 Å². The van der Waals surface area contributed by atoms with Crippen molar-refractivity contribution in [3.63, 3.8) is 0 Å². The maximum absolute atomic E-state index is 5.82. The third-order valence-electron chi connectivity index (χ3n) is 2.17. The number of hydrogen-bond acceptors (Lipinski definition) is 1. The van der Waals surface area contributed by atoms with Crippen molar-refractivity contribution in [1.29, 1.82) is 0 Å². The number of fused-ring (bicyclic) bond motifs is 1. The lowest BCUT2D eigenvalue weighted by Gasteiger charge is -2.02. The van der Waals surface area contributed by atoms with E-state index in [1.807, 2.05) is 18.3 Å². The summed E-state index contributed by atoms with van der Waals surface area (Å²) < 4.78 is 6.26. The summed E-state index contributed by atoms with van der Waals surface area (Å²) in [5.74, 6) is 1.32. The molecule has 0 atom stereocenters. The van der Waals surface area contributed by atoms with Gasteiger partial charge in [0.15, 0.2) is 0 Å². The SMILES string of the molecule is COc1cc(Br)cc2c(CCl)c[nH]c12. The molecule has 2 aromatic rings. The van der Waals surface area contributed by atoms with Crippen LogP contribution in [-0.4, -0.2) is 12.1 Å². The third-order valence-corrected chi connectivity index (χ3v) is 2.91. The number of aromatic nitrogens is 1. The number of halogens is 2. The first-order chi connectivity index (χ1) is 6.76. The second kappa shape index (κ2) is 3.83. The molecule has 0 saturated heterocycles. The zero-order valence-electron chi connectivity index (χ0n) is 7.60. The van der Waals surface area contributed by atoms with Crippen molar-refractivity contribution in [2.75, 3.05) is 7.11 Å². The number of alkyl halides is 1. The molecule has 0 saturated carbocycles. The molecule has 0 spiro atoms. The molecule has 1 heterocycles. The monoisotopic (exact) mass is 273 g/mol. The van der Waals surface area contributed by atoms with Crippen LogP contribution in [0.5, 0.6) is 5.75 Å². The van der Waals surface area contributed by atoms with Crippen molar-refractivity contribution in [2.45, 2.75) is 5.88 Å². The number of H-pyrrole nitrogens is 1. The molecule has 0 amide bonds. The van der Waals surface area contributed by atoms with Crippen molar-refractivity contribution in [3.8, 4) is 5.75 Å². The van der Waals surface area contributed by atoms with E-state index in [0.29, 0.717) is 5.88 Å². The molecule has 0 aliphatic carbocycles. The molecule has 2 rings (SSSR count). The van der Waals surface area contributed by atoms with Crippen LogP contribution in [0.25, 0.3) is 10.9 Å². The molecule has 14 heavy (non-hydrogen) atoms.